The molecule has 14 heavy (non-hydrogen) atoms. The molecule has 0 aliphatic carbocycles. The lowest BCUT2D eigenvalue weighted by molar-refractivity contribution is -0.146. The number of benzene rings is 1. The Morgan fingerprint density at radius 3 is 2.29 bits per heavy atom. The van der Waals surface area contributed by atoms with Crippen molar-refractivity contribution in [1.29, 1.82) is 0 Å². The summed E-state index contributed by atoms with van der Waals surface area (Å²) in [4.78, 5) is 10.2. The third-order valence-electron chi connectivity index (χ3n) is 1.74. The number of aliphatic hydroxyl groups is 1. The SMILES string of the molecule is O=C(O)C(O)Cc1c(F)cccc1F. The van der Waals surface area contributed by atoms with Crippen LogP contribution in [0.15, 0.2) is 18.2 Å². The molecule has 0 saturated carbocycles. The molecular formula is C9H8F2O3. The highest BCUT2D eigenvalue weighted by molar-refractivity contribution is 5.72. The van der Waals surface area contributed by atoms with Crippen LogP contribution in [0.4, 0.5) is 8.78 Å². The highest BCUT2D eigenvalue weighted by Gasteiger charge is 2.18. The first kappa shape index (κ1) is 10.6. The fraction of sp³-hybridized carbons (Fsp3) is 0.222. The van der Waals surface area contributed by atoms with Crippen molar-refractivity contribution in [2.45, 2.75) is 12.5 Å². The summed E-state index contributed by atoms with van der Waals surface area (Å²) >= 11 is 0. The summed E-state index contributed by atoms with van der Waals surface area (Å²) in [5, 5.41) is 17.2. The van der Waals surface area contributed by atoms with Crippen LogP contribution in [-0.4, -0.2) is 22.3 Å². The maximum absolute atomic E-state index is 12.9. The van der Waals surface area contributed by atoms with Gasteiger partial charge in [-0.1, -0.05) is 6.07 Å². The standard InChI is InChI=1S/C9H8F2O3/c10-6-2-1-3-7(11)5(6)4-8(12)9(13)14/h1-3,8,12H,4H2,(H,13,14). The van der Waals surface area contributed by atoms with Crippen LogP contribution in [0, 0.1) is 11.6 Å². The molecule has 0 saturated heterocycles. The van der Waals surface area contributed by atoms with E-state index >= 15 is 0 Å². The van der Waals surface area contributed by atoms with Crippen LogP contribution < -0.4 is 0 Å². The summed E-state index contributed by atoms with van der Waals surface area (Å²) in [6.45, 7) is 0. The number of aliphatic hydroxyl groups excluding tert-OH is 1. The Morgan fingerprint density at radius 2 is 1.86 bits per heavy atom. The molecule has 1 aromatic carbocycles. The van der Waals surface area contributed by atoms with E-state index in [-0.39, 0.29) is 0 Å². The van der Waals surface area contributed by atoms with E-state index in [0.717, 1.165) is 12.1 Å². The van der Waals surface area contributed by atoms with Gasteiger partial charge in [0.1, 0.15) is 11.6 Å². The van der Waals surface area contributed by atoms with Crippen molar-refractivity contribution in [3.05, 3.63) is 35.4 Å². The molecule has 0 amide bonds. The molecule has 0 radical (unpaired) electrons. The van der Waals surface area contributed by atoms with Crippen molar-refractivity contribution in [3.8, 4) is 0 Å². The van der Waals surface area contributed by atoms with Gasteiger partial charge in [-0.2, -0.15) is 0 Å². The highest BCUT2D eigenvalue weighted by Crippen LogP contribution is 2.14. The van der Waals surface area contributed by atoms with Crippen LogP contribution in [0.2, 0.25) is 0 Å². The summed E-state index contributed by atoms with van der Waals surface area (Å²) in [6, 6.07) is 3.18. The van der Waals surface area contributed by atoms with E-state index in [0.29, 0.717) is 0 Å². The summed E-state index contributed by atoms with van der Waals surface area (Å²) in [5.41, 5.74) is -0.414. The molecular weight excluding hydrogens is 194 g/mol. The molecule has 2 N–H and O–H groups in total. The van der Waals surface area contributed by atoms with Crippen LogP contribution in [-0.2, 0) is 11.2 Å². The van der Waals surface area contributed by atoms with Gasteiger partial charge in [-0.25, -0.2) is 13.6 Å². The molecule has 0 aliphatic rings. The van der Waals surface area contributed by atoms with Gasteiger partial charge in [0.05, 0.1) is 0 Å². The maximum Gasteiger partial charge on any atom is 0.332 e. The van der Waals surface area contributed by atoms with Gasteiger partial charge in [-0.15, -0.1) is 0 Å². The summed E-state index contributed by atoms with van der Waals surface area (Å²) in [7, 11) is 0. The molecule has 0 fully saturated rings. The number of hydrogen-bond donors (Lipinski definition) is 2. The average molecular weight is 202 g/mol. The predicted molar refractivity (Wildman–Crippen MR) is 43.7 cm³/mol. The van der Waals surface area contributed by atoms with E-state index in [4.69, 9.17) is 10.2 Å². The van der Waals surface area contributed by atoms with Crippen LogP contribution in [0.3, 0.4) is 0 Å². The zero-order valence-corrected chi connectivity index (χ0v) is 7.08. The van der Waals surface area contributed by atoms with Crippen LogP contribution in [0.5, 0.6) is 0 Å². The molecule has 5 heteroatoms. The van der Waals surface area contributed by atoms with E-state index in [2.05, 4.69) is 0 Å². The number of hydrogen-bond acceptors (Lipinski definition) is 2. The third-order valence-corrected chi connectivity index (χ3v) is 1.74. The summed E-state index contributed by atoms with van der Waals surface area (Å²) < 4.78 is 25.9. The van der Waals surface area contributed by atoms with Crippen LogP contribution in [0.1, 0.15) is 5.56 Å². The van der Waals surface area contributed by atoms with Gasteiger partial charge in [0.2, 0.25) is 0 Å². The maximum atomic E-state index is 12.9. The Labute approximate surface area is 78.6 Å². The first-order chi connectivity index (χ1) is 6.52. The van der Waals surface area contributed by atoms with Gasteiger partial charge >= 0.3 is 5.97 Å². The first-order valence-electron chi connectivity index (χ1n) is 3.86. The number of carboxylic acids is 1. The monoisotopic (exact) mass is 202 g/mol. The number of halogens is 2. The number of rotatable bonds is 3. The largest absolute Gasteiger partial charge is 0.479 e. The molecule has 0 spiro atoms. The molecule has 0 aromatic heterocycles. The van der Waals surface area contributed by atoms with Gasteiger partial charge < -0.3 is 10.2 Å². The lowest BCUT2D eigenvalue weighted by Gasteiger charge is -2.07. The lowest BCUT2D eigenvalue weighted by Crippen LogP contribution is -2.23. The fourth-order valence-corrected chi connectivity index (χ4v) is 1.01. The third kappa shape index (κ3) is 2.26. The minimum absolute atomic E-state index is 0.414. The second-order valence-corrected chi connectivity index (χ2v) is 2.76. The van der Waals surface area contributed by atoms with Crippen molar-refractivity contribution >= 4 is 5.97 Å². The molecule has 0 bridgehead atoms. The summed E-state index contributed by atoms with van der Waals surface area (Å²) in [5.74, 6) is -3.22. The predicted octanol–water partition coefficient (Wildman–Crippen LogP) is 0.953. The van der Waals surface area contributed by atoms with E-state index in [9.17, 15) is 13.6 Å². The quantitative estimate of drug-likeness (QED) is 0.767. The van der Waals surface area contributed by atoms with Crippen molar-refractivity contribution < 1.29 is 23.8 Å². The van der Waals surface area contributed by atoms with Crippen molar-refractivity contribution in [2.24, 2.45) is 0 Å². The minimum atomic E-state index is -1.79. The molecule has 76 valence electrons. The zero-order chi connectivity index (χ0) is 10.7. The second-order valence-electron chi connectivity index (χ2n) is 2.76. The molecule has 0 aliphatic heterocycles. The van der Waals surface area contributed by atoms with Crippen molar-refractivity contribution in [2.75, 3.05) is 0 Å². The highest BCUT2D eigenvalue weighted by atomic mass is 19.1. The van der Waals surface area contributed by atoms with Crippen LogP contribution >= 0.6 is 0 Å². The summed E-state index contributed by atoms with van der Waals surface area (Å²) in [6.07, 6.45) is -2.37. The minimum Gasteiger partial charge on any atom is -0.479 e. The van der Waals surface area contributed by atoms with E-state index in [1.807, 2.05) is 0 Å². The molecule has 1 unspecified atom stereocenters. The lowest BCUT2D eigenvalue weighted by atomic mass is 10.1. The van der Waals surface area contributed by atoms with Crippen molar-refractivity contribution in [1.82, 2.24) is 0 Å². The zero-order valence-electron chi connectivity index (χ0n) is 7.08. The van der Waals surface area contributed by atoms with E-state index < -0.39 is 35.7 Å². The number of aliphatic carboxylic acids is 1. The first-order valence-corrected chi connectivity index (χ1v) is 3.86. The van der Waals surface area contributed by atoms with Gasteiger partial charge in [0.25, 0.3) is 0 Å². The second kappa shape index (κ2) is 4.15. The number of carbonyl (C=O) groups is 1. The van der Waals surface area contributed by atoms with Gasteiger partial charge in [-0.05, 0) is 12.1 Å². The van der Waals surface area contributed by atoms with Crippen LogP contribution in [0.25, 0.3) is 0 Å². The van der Waals surface area contributed by atoms with Gasteiger partial charge in [-0.3, -0.25) is 0 Å². The molecule has 1 aromatic rings. The van der Waals surface area contributed by atoms with E-state index in [1.165, 1.54) is 6.07 Å². The smallest absolute Gasteiger partial charge is 0.332 e. The topological polar surface area (TPSA) is 57.5 Å². The Balaban J connectivity index is 2.91. The Morgan fingerprint density at radius 1 is 1.36 bits per heavy atom. The molecule has 0 heterocycles. The number of carboxylic acid groups (broad SMARTS) is 1. The van der Waals surface area contributed by atoms with E-state index in [1.54, 1.807) is 0 Å². The Kier molecular flexibility index (Phi) is 3.14. The fourth-order valence-electron chi connectivity index (χ4n) is 1.01. The molecule has 1 atom stereocenters. The molecule has 1 rings (SSSR count). The van der Waals surface area contributed by atoms with Gasteiger partial charge in [0.15, 0.2) is 6.10 Å². The Hall–Kier alpha value is -1.49. The molecule has 3 nitrogen and oxygen atoms in total. The Bertz CT molecular complexity index is 332. The average Bonchev–Trinajstić information content (AvgIpc) is 2.11. The van der Waals surface area contributed by atoms with Crippen molar-refractivity contribution in [3.63, 3.8) is 0 Å². The van der Waals surface area contributed by atoms with Gasteiger partial charge in [0, 0.05) is 12.0 Å². The normalized spacial score (nSPS) is 12.5.